The number of nitrogens with zero attached hydrogens (tertiary/aromatic N) is 1. The van der Waals surface area contributed by atoms with Gasteiger partial charge in [0.25, 0.3) is 0 Å². The third-order valence-corrected chi connectivity index (χ3v) is 7.53. The molecule has 0 saturated carbocycles. The molecule has 3 atom stereocenters. The van der Waals surface area contributed by atoms with Gasteiger partial charge < -0.3 is 20.4 Å². The number of phenols is 1. The Bertz CT molecular complexity index is 854. The molecule has 1 aromatic carbocycles. The molecule has 3 unspecified atom stereocenters. The Labute approximate surface area is 194 Å². The maximum Gasteiger partial charge on any atom is 0.405 e. The summed E-state index contributed by atoms with van der Waals surface area (Å²) in [6.45, 7) is 7.88. The van der Waals surface area contributed by atoms with Gasteiger partial charge in [0.05, 0.1) is 31.8 Å². The highest BCUT2D eigenvalue weighted by Crippen LogP contribution is 2.39. The molecule has 0 radical (unpaired) electrons. The molecule has 11 heteroatoms. The van der Waals surface area contributed by atoms with Gasteiger partial charge in [-0.25, -0.2) is 13.7 Å². The highest BCUT2D eigenvalue weighted by atomic mass is 35.5. The fourth-order valence-electron chi connectivity index (χ4n) is 3.48. The van der Waals surface area contributed by atoms with Crippen LogP contribution in [0.15, 0.2) is 12.1 Å². The Morgan fingerprint density at radius 1 is 1.19 bits per heavy atom. The zero-order valence-electron chi connectivity index (χ0n) is 17.9. The van der Waals surface area contributed by atoms with Crippen molar-refractivity contribution in [1.82, 2.24) is 14.9 Å². The number of amides is 2. The minimum absolute atomic E-state index is 0.0405. The molecule has 174 valence electrons. The molecule has 0 bridgehead atoms. The standard InChI is InChI=1S/C20H29Cl2N3O5S/c1-11(23-19(28)29)18(27)25-7-5-12(6-8-25)17(24-31(30)20(2,3)4)13-9-14(21)15(22)10-16(13)26/h9-12,17,23-24,26H,5-8H2,1-4H3,(H,28,29). The minimum Gasteiger partial charge on any atom is -0.508 e. The van der Waals surface area contributed by atoms with Crippen molar-refractivity contribution in [3.05, 3.63) is 27.7 Å². The summed E-state index contributed by atoms with van der Waals surface area (Å²) in [5.41, 5.74) is 0.498. The number of benzene rings is 1. The van der Waals surface area contributed by atoms with Gasteiger partial charge in [0.2, 0.25) is 5.91 Å². The largest absolute Gasteiger partial charge is 0.508 e. The van der Waals surface area contributed by atoms with Gasteiger partial charge in [0.1, 0.15) is 11.8 Å². The highest BCUT2D eigenvalue weighted by Gasteiger charge is 2.35. The van der Waals surface area contributed by atoms with Crippen LogP contribution in [0, 0.1) is 5.92 Å². The first-order valence-electron chi connectivity index (χ1n) is 9.95. The first-order valence-corrected chi connectivity index (χ1v) is 11.9. The lowest BCUT2D eigenvalue weighted by Crippen LogP contribution is -2.50. The number of likely N-dealkylation sites (tertiary alicyclic amines) is 1. The number of carbonyl (C=O) groups is 2. The van der Waals surface area contributed by atoms with E-state index in [4.69, 9.17) is 28.3 Å². The van der Waals surface area contributed by atoms with Crippen molar-refractivity contribution in [2.45, 2.75) is 57.4 Å². The smallest absolute Gasteiger partial charge is 0.405 e. The van der Waals surface area contributed by atoms with Crippen LogP contribution in [0.3, 0.4) is 0 Å². The van der Waals surface area contributed by atoms with Crippen molar-refractivity contribution in [2.24, 2.45) is 5.92 Å². The molecule has 1 fully saturated rings. The summed E-state index contributed by atoms with van der Waals surface area (Å²) in [5, 5.41) is 22.0. The molecule has 2 rings (SSSR count). The lowest BCUT2D eigenvalue weighted by molar-refractivity contribution is -0.134. The van der Waals surface area contributed by atoms with Crippen molar-refractivity contribution < 1.29 is 24.0 Å². The van der Waals surface area contributed by atoms with Gasteiger partial charge in [-0.1, -0.05) is 23.2 Å². The van der Waals surface area contributed by atoms with Crippen LogP contribution in [0.2, 0.25) is 10.0 Å². The van der Waals surface area contributed by atoms with Gasteiger partial charge in [0.15, 0.2) is 0 Å². The average Bonchev–Trinajstić information content (AvgIpc) is 2.67. The summed E-state index contributed by atoms with van der Waals surface area (Å²) in [5.74, 6) is -0.377. The zero-order valence-corrected chi connectivity index (χ0v) is 20.3. The number of rotatable bonds is 6. The Morgan fingerprint density at radius 3 is 2.26 bits per heavy atom. The normalized spacial score (nSPS) is 18.3. The van der Waals surface area contributed by atoms with Crippen molar-refractivity contribution in [1.29, 1.82) is 0 Å². The molecule has 4 N–H and O–H groups in total. The quantitative estimate of drug-likeness (QED) is 0.481. The lowest BCUT2D eigenvalue weighted by Gasteiger charge is -2.38. The van der Waals surface area contributed by atoms with E-state index in [1.165, 1.54) is 13.0 Å². The van der Waals surface area contributed by atoms with Crippen LogP contribution >= 0.6 is 23.2 Å². The third-order valence-electron chi connectivity index (χ3n) is 5.23. The SMILES string of the molecule is CC(NC(=O)O)C(=O)N1CCC(C(NS(=O)C(C)(C)C)c2cc(Cl)c(Cl)cc2O)CC1. The summed E-state index contributed by atoms with van der Waals surface area (Å²) in [6, 6.07) is 1.64. The third kappa shape index (κ3) is 6.71. The summed E-state index contributed by atoms with van der Waals surface area (Å²) in [4.78, 5) is 24.9. The Kier molecular flexibility index (Phi) is 8.61. The van der Waals surface area contributed by atoms with E-state index in [1.807, 2.05) is 20.8 Å². The Morgan fingerprint density at radius 2 is 1.74 bits per heavy atom. The van der Waals surface area contributed by atoms with Crippen molar-refractivity contribution >= 4 is 46.2 Å². The maximum atomic E-state index is 12.8. The molecule has 0 aliphatic carbocycles. The van der Waals surface area contributed by atoms with Gasteiger partial charge >= 0.3 is 6.09 Å². The summed E-state index contributed by atoms with van der Waals surface area (Å²) < 4.78 is 15.5. The predicted molar refractivity (Wildman–Crippen MR) is 122 cm³/mol. The van der Waals surface area contributed by atoms with E-state index >= 15 is 0 Å². The van der Waals surface area contributed by atoms with Crippen LogP contribution < -0.4 is 10.0 Å². The van der Waals surface area contributed by atoms with Crippen LogP contribution in [0.1, 0.15) is 52.1 Å². The predicted octanol–water partition coefficient (Wildman–Crippen LogP) is 3.69. The second-order valence-corrected chi connectivity index (χ2v) is 11.4. The lowest BCUT2D eigenvalue weighted by atomic mass is 9.85. The number of nitrogens with one attached hydrogen (secondary N) is 2. The highest BCUT2D eigenvalue weighted by molar-refractivity contribution is 7.84. The molecule has 1 heterocycles. The number of carbonyl (C=O) groups excluding carboxylic acids is 1. The van der Waals surface area contributed by atoms with Crippen LogP contribution in [0.5, 0.6) is 5.75 Å². The van der Waals surface area contributed by atoms with E-state index in [2.05, 4.69) is 10.0 Å². The number of aromatic hydroxyl groups is 1. The van der Waals surface area contributed by atoms with E-state index in [1.54, 1.807) is 11.0 Å². The van der Waals surface area contributed by atoms with Gasteiger partial charge in [-0.2, -0.15) is 0 Å². The topological polar surface area (TPSA) is 119 Å². The number of hydrogen-bond acceptors (Lipinski definition) is 4. The van der Waals surface area contributed by atoms with Crippen LogP contribution in [0.4, 0.5) is 4.79 Å². The second kappa shape index (κ2) is 10.4. The number of hydrogen-bond donors (Lipinski definition) is 4. The zero-order chi connectivity index (χ0) is 23.5. The van der Waals surface area contributed by atoms with Crippen molar-refractivity contribution in [3.63, 3.8) is 0 Å². The van der Waals surface area contributed by atoms with E-state index in [0.717, 1.165) is 0 Å². The van der Waals surface area contributed by atoms with Gasteiger partial charge in [-0.15, -0.1) is 0 Å². The van der Waals surface area contributed by atoms with Crippen molar-refractivity contribution in [2.75, 3.05) is 13.1 Å². The second-order valence-electron chi connectivity index (χ2n) is 8.64. The molecular formula is C20H29Cl2N3O5S. The molecule has 2 amide bonds. The van der Waals surface area contributed by atoms with Gasteiger partial charge in [0, 0.05) is 24.7 Å². The molecule has 1 aliphatic heterocycles. The Balaban J connectivity index is 2.23. The first kappa shape index (κ1) is 25.7. The number of phenolic OH excluding ortho intramolecular Hbond substituents is 1. The molecule has 0 aromatic heterocycles. The first-order chi connectivity index (χ1) is 14.3. The minimum atomic E-state index is -1.41. The number of halogens is 2. The molecule has 1 aliphatic rings. The number of piperidine rings is 1. The van der Waals surface area contributed by atoms with E-state index in [9.17, 15) is 18.9 Å². The number of carboxylic acid groups (broad SMARTS) is 1. The summed E-state index contributed by atoms with van der Waals surface area (Å²) in [6.07, 6.45) is -0.103. The van der Waals surface area contributed by atoms with Crippen molar-refractivity contribution in [3.8, 4) is 5.75 Å². The summed E-state index contributed by atoms with van der Waals surface area (Å²) in [7, 11) is -1.41. The van der Waals surface area contributed by atoms with Crippen LogP contribution in [-0.2, 0) is 15.8 Å². The molecular weight excluding hydrogens is 465 g/mol. The van der Waals surface area contributed by atoms with Crippen LogP contribution in [0.25, 0.3) is 0 Å². The van der Waals surface area contributed by atoms with E-state index < -0.39 is 33.9 Å². The molecule has 1 aromatic rings. The van der Waals surface area contributed by atoms with Gasteiger partial charge in [-0.3, -0.25) is 4.79 Å². The fraction of sp³-hybridized carbons (Fsp3) is 0.600. The summed E-state index contributed by atoms with van der Waals surface area (Å²) >= 11 is 12.2. The fourth-order valence-corrected chi connectivity index (χ4v) is 4.71. The maximum absolute atomic E-state index is 12.8. The molecule has 0 spiro atoms. The van der Waals surface area contributed by atoms with E-state index in [0.29, 0.717) is 31.5 Å². The van der Waals surface area contributed by atoms with Gasteiger partial charge in [-0.05, 0) is 52.5 Å². The molecule has 1 saturated heterocycles. The Hall–Kier alpha value is -1.55. The van der Waals surface area contributed by atoms with Crippen LogP contribution in [-0.4, -0.2) is 55.2 Å². The molecule has 8 nitrogen and oxygen atoms in total. The monoisotopic (exact) mass is 493 g/mol. The van der Waals surface area contributed by atoms with E-state index in [-0.39, 0.29) is 27.6 Å². The molecule has 31 heavy (non-hydrogen) atoms. The average molecular weight is 494 g/mol.